The van der Waals surface area contributed by atoms with E-state index in [4.69, 9.17) is 9.47 Å². The molecule has 0 spiro atoms. The van der Waals surface area contributed by atoms with Crippen molar-refractivity contribution in [3.8, 4) is 0 Å². The van der Waals surface area contributed by atoms with Crippen molar-refractivity contribution in [2.75, 3.05) is 50.2 Å². The van der Waals surface area contributed by atoms with Crippen LogP contribution in [0.15, 0.2) is 18.2 Å². The van der Waals surface area contributed by atoms with Gasteiger partial charge in [-0.3, -0.25) is 9.59 Å². The molecule has 0 radical (unpaired) electrons. The number of hydrogen-bond acceptors (Lipinski definition) is 6. The first-order chi connectivity index (χ1) is 14.6. The van der Waals surface area contributed by atoms with Crippen molar-refractivity contribution < 1.29 is 23.9 Å². The molecule has 0 unspecified atom stereocenters. The number of anilines is 2. The lowest BCUT2D eigenvalue weighted by molar-refractivity contribution is -0.125. The van der Waals surface area contributed by atoms with Crippen LogP contribution < -0.4 is 15.5 Å². The highest BCUT2D eigenvalue weighted by Gasteiger charge is 2.20. The number of hydrogen-bond donors (Lipinski definition) is 2. The number of amides is 2. The lowest BCUT2D eigenvalue weighted by atomic mass is 9.87. The topological polar surface area (TPSA) is 97.0 Å². The summed E-state index contributed by atoms with van der Waals surface area (Å²) in [6.07, 6.45) is 6.22. The molecule has 2 fully saturated rings. The van der Waals surface area contributed by atoms with E-state index in [-0.39, 0.29) is 23.9 Å². The van der Waals surface area contributed by atoms with Gasteiger partial charge in [-0.1, -0.05) is 19.3 Å². The summed E-state index contributed by atoms with van der Waals surface area (Å²) in [6, 6.07) is 5.27. The number of ether oxygens (including phenoxy) is 2. The van der Waals surface area contributed by atoms with Crippen LogP contribution in [0, 0.1) is 5.92 Å². The normalized spacial score (nSPS) is 17.3. The first kappa shape index (κ1) is 22.1. The van der Waals surface area contributed by atoms with Gasteiger partial charge in [0.1, 0.15) is 0 Å². The van der Waals surface area contributed by atoms with Gasteiger partial charge in [0.25, 0.3) is 0 Å². The van der Waals surface area contributed by atoms with Crippen molar-refractivity contribution in [1.29, 1.82) is 0 Å². The third-order valence-electron chi connectivity index (χ3n) is 5.70. The number of carbonyl (C=O) groups is 3. The maximum absolute atomic E-state index is 12.4. The van der Waals surface area contributed by atoms with Crippen LogP contribution in [0.1, 0.15) is 48.9 Å². The van der Waals surface area contributed by atoms with Crippen LogP contribution in [0.2, 0.25) is 0 Å². The smallest absolute Gasteiger partial charge is 0.340 e. The Labute approximate surface area is 177 Å². The van der Waals surface area contributed by atoms with Crippen LogP contribution in [0.3, 0.4) is 0 Å². The number of carbonyl (C=O) groups excluding carboxylic acids is 3. The van der Waals surface area contributed by atoms with Gasteiger partial charge in [0.2, 0.25) is 11.8 Å². The second kappa shape index (κ2) is 11.0. The molecular weight excluding hydrogens is 386 g/mol. The van der Waals surface area contributed by atoms with Crippen molar-refractivity contribution in [2.24, 2.45) is 5.92 Å². The number of esters is 1. The molecule has 1 aliphatic carbocycles. The van der Waals surface area contributed by atoms with Gasteiger partial charge in [-0.05, 0) is 37.0 Å². The molecule has 0 atom stereocenters. The summed E-state index contributed by atoms with van der Waals surface area (Å²) >= 11 is 0. The Morgan fingerprint density at radius 1 is 1.10 bits per heavy atom. The van der Waals surface area contributed by atoms with E-state index in [1.54, 1.807) is 12.1 Å². The summed E-state index contributed by atoms with van der Waals surface area (Å²) in [5.74, 6) is -0.591. The van der Waals surface area contributed by atoms with Crippen molar-refractivity contribution in [3.63, 3.8) is 0 Å². The second-order valence-corrected chi connectivity index (χ2v) is 7.85. The summed E-state index contributed by atoms with van der Waals surface area (Å²) in [7, 11) is 1.31. The van der Waals surface area contributed by atoms with Crippen molar-refractivity contribution in [3.05, 3.63) is 23.8 Å². The molecule has 1 saturated carbocycles. The van der Waals surface area contributed by atoms with Crippen molar-refractivity contribution in [2.45, 2.75) is 38.5 Å². The van der Waals surface area contributed by atoms with E-state index >= 15 is 0 Å². The standard InChI is InChI=1S/C22H31N3O5/c1-29-22(28)18-14-17(25-9-11-30-12-10-25)7-8-19(18)24-21(27)15-23-20(26)13-16-5-3-2-4-6-16/h7-8,14,16H,2-6,9-13,15H2,1H3,(H,23,26)(H,24,27). The molecule has 164 valence electrons. The number of rotatable bonds is 7. The fourth-order valence-electron chi connectivity index (χ4n) is 4.04. The third kappa shape index (κ3) is 6.19. The monoisotopic (exact) mass is 417 g/mol. The van der Waals surface area contributed by atoms with E-state index in [0.29, 0.717) is 31.2 Å². The number of methoxy groups -OCH3 is 1. The van der Waals surface area contributed by atoms with Crippen LogP contribution in [0.5, 0.6) is 0 Å². The molecule has 0 bridgehead atoms. The van der Waals surface area contributed by atoms with Crippen LogP contribution >= 0.6 is 0 Å². The molecule has 2 N–H and O–H groups in total. The minimum atomic E-state index is -0.526. The molecule has 2 amide bonds. The quantitative estimate of drug-likeness (QED) is 0.661. The predicted molar refractivity (Wildman–Crippen MR) is 114 cm³/mol. The van der Waals surface area contributed by atoms with Crippen LogP contribution in [0.25, 0.3) is 0 Å². The van der Waals surface area contributed by atoms with Crippen LogP contribution in [-0.2, 0) is 19.1 Å². The lowest BCUT2D eigenvalue weighted by Crippen LogP contribution is -2.36. The van der Waals surface area contributed by atoms with Gasteiger partial charge < -0.3 is 25.0 Å². The summed E-state index contributed by atoms with van der Waals surface area (Å²) in [5, 5.41) is 5.40. The minimum Gasteiger partial charge on any atom is -0.465 e. The average Bonchev–Trinajstić information content (AvgIpc) is 2.78. The Bertz CT molecular complexity index is 755. The zero-order valence-corrected chi connectivity index (χ0v) is 17.6. The Balaban J connectivity index is 1.57. The molecule has 3 rings (SSSR count). The average molecular weight is 418 g/mol. The molecule has 2 aliphatic rings. The van der Waals surface area contributed by atoms with Gasteiger partial charge >= 0.3 is 5.97 Å². The summed E-state index contributed by atoms with van der Waals surface area (Å²) in [5.41, 5.74) is 1.52. The van der Waals surface area contributed by atoms with E-state index in [9.17, 15) is 14.4 Å². The SMILES string of the molecule is COC(=O)c1cc(N2CCOCC2)ccc1NC(=O)CNC(=O)CC1CCCCC1. The van der Waals surface area contributed by atoms with Gasteiger partial charge in [0.15, 0.2) is 0 Å². The number of nitrogens with zero attached hydrogens (tertiary/aromatic N) is 1. The molecule has 1 heterocycles. The maximum atomic E-state index is 12.4. The van der Waals surface area contributed by atoms with Crippen LogP contribution in [0.4, 0.5) is 11.4 Å². The molecule has 1 aliphatic heterocycles. The van der Waals surface area contributed by atoms with Gasteiger partial charge in [-0.2, -0.15) is 0 Å². The number of morpholine rings is 1. The molecular formula is C22H31N3O5. The highest BCUT2D eigenvalue weighted by molar-refractivity contribution is 6.03. The molecule has 0 aromatic heterocycles. The van der Waals surface area contributed by atoms with E-state index in [2.05, 4.69) is 15.5 Å². The van der Waals surface area contributed by atoms with Gasteiger partial charge in [0, 0.05) is 25.2 Å². The van der Waals surface area contributed by atoms with E-state index < -0.39 is 5.97 Å². The molecule has 8 nitrogen and oxygen atoms in total. The Kier molecular flexibility index (Phi) is 8.07. The molecule has 1 aromatic carbocycles. The van der Waals surface area contributed by atoms with Crippen LogP contribution in [-0.4, -0.2) is 57.7 Å². The highest BCUT2D eigenvalue weighted by atomic mass is 16.5. The summed E-state index contributed by atoms with van der Waals surface area (Å²) in [4.78, 5) is 38.9. The van der Waals surface area contributed by atoms with E-state index in [1.807, 2.05) is 6.07 Å². The Morgan fingerprint density at radius 3 is 2.53 bits per heavy atom. The highest BCUT2D eigenvalue weighted by Crippen LogP contribution is 2.26. The molecule has 8 heteroatoms. The van der Waals surface area contributed by atoms with E-state index in [0.717, 1.165) is 31.6 Å². The zero-order chi connectivity index (χ0) is 21.3. The largest absolute Gasteiger partial charge is 0.465 e. The zero-order valence-electron chi connectivity index (χ0n) is 17.6. The Morgan fingerprint density at radius 2 is 1.83 bits per heavy atom. The van der Waals surface area contributed by atoms with Crippen molar-refractivity contribution >= 4 is 29.2 Å². The maximum Gasteiger partial charge on any atom is 0.340 e. The van der Waals surface area contributed by atoms with Crippen molar-refractivity contribution in [1.82, 2.24) is 5.32 Å². The molecule has 1 aromatic rings. The first-order valence-corrected chi connectivity index (χ1v) is 10.7. The van der Waals surface area contributed by atoms with E-state index in [1.165, 1.54) is 26.4 Å². The lowest BCUT2D eigenvalue weighted by Gasteiger charge is -2.29. The number of nitrogens with one attached hydrogen (secondary N) is 2. The minimum absolute atomic E-state index is 0.104. The third-order valence-corrected chi connectivity index (χ3v) is 5.70. The molecule has 30 heavy (non-hydrogen) atoms. The Hall–Kier alpha value is -2.61. The van der Waals surface area contributed by atoms with Gasteiger partial charge in [0.05, 0.1) is 38.1 Å². The summed E-state index contributed by atoms with van der Waals surface area (Å²) in [6.45, 7) is 2.61. The summed E-state index contributed by atoms with van der Waals surface area (Å²) < 4.78 is 10.2. The first-order valence-electron chi connectivity index (χ1n) is 10.7. The number of benzene rings is 1. The predicted octanol–water partition coefficient (Wildman–Crippen LogP) is 2.33. The van der Waals surface area contributed by atoms with Gasteiger partial charge in [-0.25, -0.2) is 4.79 Å². The fraction of sp³-hybridized carbons (Fsp3) is 0.591. The second-order valence-electron chi connectivity index (χ2n) is 7.85. The fourth-order valence-corrected chi connectivity index (χ4v) is 4.04. The molecule has 1 saturated heterocycles. The van der Waals surface area contributed by atoms with Gasteiger partial charge in [-0.15, -0.1) is 0 Å².